The Hall–Kier alpha value is -7.74. The number of furan rings is 1. The Morgan fingerprint density at radius 2 is 0.900 bits per heavy atom. The second-order valence-electron chi connectivity index (χ2n) is 16.3. The quantitative estimate of drug-likeness (QED) is 0.129. The van der Waals surface area contributed by atoms with Gasteiger partial charge in [0, 0.05) is 10.8 Å². The summed E-state index contributed by atoms with van der Waals surface area (Å²) in [7, 11) is 0. The highest BCUT2D eigenvalue weighted by molar-refractivity contribution is 6.20. The highest BCUT2D eigenvalue weighted by Gasteiger charge is 2.46. The third-order valence-corrected chi connectivity index (χ3v) is 13.3. The van der Waals surface area contributed by atoms with Crippen LogP contribution in [0.25, 0.3) is 98.4 Å². The van der Waals surface area contributed by atoms with Crippen LogP contribution in [0, 0.1) is 0 Å². The fraction of sp³-hybridized carbons (Fsp3) is 0.0169. The lowest BCUT2D eigenvalue weighted by Crippen LogP contribution is -2.28. The average molecular weight is 761 g/mol. The first kappa shape index (κ1) is 33.3. The van der Waals surface area contributed by atoms with Crippen molar-refractivity contribution in [3.8, 4) is 33.4 Å². The molecule has 11 aromatic carbocycles. The molecule has 0 saturated heterocycles. The van der Waals surface area contributed by atoms with Gasteiger partial charge in [-0.3, -0.25) is 0 Å². The Morgan fingerprint density at radius 3 is 1.72 bits per heavy atom. The van der Waals surface area contributed by atoms with Crippen molar-refractivity contribution >= 4 is 65.0 Å². The lowest BCUT2D eigenvalue weighted by Gasteiger charge is -2.34. The zero-order valence-corrected chi connectivity index (χ0v) is 32.7. The van der Waals surface area contributed by atoms with Crippen LogP contribution in [0.5, 0.6) is 0 Å². The van der Waals surface area contributed by atoms with Crippen molar-refractivity contribution in [1.82, 2.24) is 0 Å². The van der Waals surface area contributed by atoms with Crippen molar-refractivity contribution in [3.05, 3.63) is 241 Å². The minimum absolute atomic E-state index is 0.583. The molecular formula is C59H36O. The lowest BCUT2D eigenvalue weighted by atomic mass is 9.67. The van der Waals surface area contributed by atoms with Gasteiger partial charge in [-0.1, -0.05) is 176 Å². The molecule has 0 atom stereocenters. The molecule has 13 rings (SSSR count). The number of para-hydroxylation sites is 1. The maximum Gasteiger partial charge on any atom is 0.136 e. The molecule has 0 aliphatic heterocycles. The van der Waals surface area contributed by atoms with Crippen LogP contribution >= 0.6 is 0 Å². The van der Waals surface area contributed by atoms with Crippen LogP contribution in [0.15, 0.2) is 223 Å². The largest absolute Gasteiger partial charge is 0.456 e. The van der Waals surface area contributed by atoms with Gasteiger partial charge in [-0.15, -0.1) is 0 Å². The van der Waals surface area contributed by atoms with E-state index >= 15 is 0 Å². The normalized spacial score (nSPS) is 13.1. The molecule has 1 aromatic heterocycles. The van der Waals surface area contributed by atoms with Crippen LogP contribution in [0.4, 0.5) is 0 Å². The maximum atomic E-state index is 6.41. The molecule has 0 unspecified atom stereocenters. The number of fused-ring (bicyclic) bond motifs is 11. The van der Waals surface area contributed by atoms with Crippen molar-refractivity contribution in [2.45, 2.75) is 5.41 Å². The minimum atomic E-state index is -0.583. The first-order valence-electron chi connectivity index (χ1n) is 20.8. The van der Waals surface area contributed by atoms with Gasteiger partial charge < -0.3 is 4.42 Å². The van der Waals surface area contributed by atoms with Gasteiger partial charge in [0.25, 0.3) is 0 Å². The molecule has 1 heteroatoms. The van der Waals surface area contributed by atoms with Crippen LogP contribution in [-0.4, -0.2) is 0 Å². The summed E-state index contributed by atoms with van der Waals surface area (Å²) >= 11 is 0. The Labute approximate surface area is 347 Å². The third kappa shape index (κ3) is 4.63. The van der Waals surface area contributed by atoms with Crippen molar-refractivity contribution in [1.29, 1.82) is 0 Å². The molecular weight excluding hydrogens is 725 g/mol. The molecule has 0 N–H and O–H groups in total. The molecule has 0 saturated carbocycles. The first-order chi connectivity index (χ1) is 29.7. The molecule has 1 nitrogen and oxygen atoms in total. The van der Waals surface area contributed by atoms with Gasteiger partial charge in [-0.25, -0.2) is 0 Å². The summed E-state index contributed by atoms with van der Waals surface area (Å²) in [6, 6.07) is 81.0. The maximum absolute atomic E-state index is 6.41. The van der Waals surface area contributed by atoms with E-state index in [-0.39, 0.29) is 0 Å². The zero-order valence-electron chi connectivity index (χ0n) is 32.7. The van der Waals surface area contributed by atoms with Gasteiger partial charge in [-0.05, 0) is 141 Å². The second kappa shape index (κ2) is 12.6. The highest BCUT2D eigenvalue weighted by Crippen LogP contribution is 2.58. The van der Waals surface area contributed by atoms with Crippen LogP contribution in [0.2, 0.25) is 0 Å². The fourth-order valence-electron chi connectivity index (χ4n) is 10.7. The average Bonchev–Trinajstić information content (AvgIpc) is 3.83. The van der Waals surface area contributed by atoms with Crippen LogP contribution in [-0.2, 0) is 5.41 Å². The molecule has 1 heterocycles. The molecule has 278 valence electrons. The van der Waals surface area contributed by atoms with E-state index in [0.717, 1.165) is 27.5 Å². The zero-order chi connectivity index (χ0) is 39.4. The topological polar surface area (TPSA) is 13.1 Å². The Balaban J connectivity index is 1.11. The van der Waals surface area contributed by atoms with Crippen molar-refractivity contribution < 1.29 is 4.42 Å². The van der Waals surface area contributed by atoms with Crippen LogP contribution in [0.3, 0.4) is 0 Å². The molecule has 0 fully saturated rings. The molecule has 1 aliphatic rings. The third-order valence-electron chi connectivity index (χ3n) is 13.3. The summed E-state index contributed by atoms with van der Waals surface area (Å²) in [5.74, 6) is 0. The van der Waals surface area contributed by atoms with Crippen molar-refractivity contribution in [3.63, 3.8) is 0 Å². The minimum Gasteiger partial charge on any atom is -0.456 e. The lowest BCUT2D eigenvalue weighted by molar-refractivity contribution is 0.669. The van der Waals surface area contributed by atoms with Gasteiger partial charge in [0.2, 0.25) is 0 Å². The van der Waals surface area contributed by atoms with E-state index in [1.54, 1.807) is 0 Å². The van der Waals surface area contributed by atoms with Crippen LogP contribution < -0.4 is 0 Å². The molecule has 60 heavy (non-hydrogen) atoms. The van der Waals surface area contributed by atoms with E-state index in [4.69, 9.17) is 4.42 Å². The van der Waals surface area contributed by atoms with E-state index in [2.05, 4.69) is 212 Å². The number of hydrogen-bond acceptors (Lipinski definition) is 1. The van der Waals surface area contributed by atoms with Crippen molar-refractivity contribution in [2.75, 3.05) is 0 Å². The van der Waals surface area contributed by atoms with E-state index in [1.165, 1.54) is 93.2 Å². The summed E-state index contributed by atoms with van der Waals surface area (Å²) < 4.78 is 6.41. The van der Waals surface area contributed by atoms with E-state index < -0.39 is 5.41 Å². The molecule has 0 bridgehead atoms. The Kier molecular flexibility index (Phi) is 7.00. The van der Waals surface area contributed by atoms with E-state index in [0.29, 0.717) is 0 Å². The van der Waals surface area contributed by atoms with E-state index in [9.17, 15) is 0 Å². The summed E-state index contributed by atoms with van der Waals surface area (Å²) in [6.45, 7) is 0. The highest BCUT2D eigenvalue weighted by atomic mass is 16.3. The number of benzene rings is 11. The fourth-order valence-corrected chi connectivity index (χ4v) is 10.7. The smallest absolute Gasteiger partial charge is 0.136 e. The van der Waals surface area contributed by atoms with E-state index in [1.807, 2.05) is 6.07 Å². The van der Waals surface area contributed by atoms with Crippen LogP contribution in [0.1, 0.15) is 22.3 Å². The standard InChI is InChI=1S/C59H36O/c1-3-17-42(18-4-1)59(43-19-5-2-6-20-43)54-34-41(58-46-22-10-8-15-38(46)32-52-44-21-9-7-14-37(44)26-31-50(52)58)28-29-47(54)53-33-39-16-13-24-45(51(39)36-55(53)59)40-27-30-49-48-23-11-12-25-56(48)60-57(49)35-40/h1-36H. The second-order valence-corrected chi connectivity index (χ2v) is 16.3. The monoisotopic (exact) mass is 760 g/mol. The molecule has 12 aromatic rings. The molecule has 0 spiro atoms. The molecule has 0 amide bonds. The molecule has 0 radical (unpaired) electrons. The molecule has 1 aliphatic carbocycles. The summed E-state index contributed by atoms with van der Waals surface area (Å²) in [5, 5.41) is 12.3. The predicted molar refractivity (Wildman–Crippen MR) is 252 cm³/mol. The summed E-state index contributed by atoms with van der Waals surface area (Å²) in [5.41, 5.74) is 13.7. The Morgan fingerprint density at radius 1 is 0.283 bits per heavy atom. The van der Waals surface area contributed by atoms with Gasteiger partial charge in [0.1, 0.15) is 11.2 Å². The predicted octanol–water partition coefficient (Wildman–Crippen LogP) is 15.9. The van der Waals surface area contributed by atoms with Crippen molar-refractivity contribution in [2.24, 2.45) is 0 Å². The summed E-state index contributed by atoms with van der Waals surface area (Å²) in [6.07, 6.45) is 0. The van der Waals surface area contributed by atoms with Gasteiger partial charge in [0.15, 0.2) is 0 Å². The SMILES string of the molecule is c1ccc(C2(c3ccccc3)c3cc(-c4c5ccccc5cc5c4ccc4ccccc45)ccc3-c3cc4cccc(-c5ccc6c(c5)oc5ccccc56)c4cc32)cc1. The Bertz CT molecular complexity index is 3660. The van der Waals surface area contributed by atoms with Gasteiger partial charge >= 0.3 is 0 Å². The number of hydrogen-bond donors (Lipinski definition) is 0. The first-order valence-corrected chi connectivity index (χ1v) is 20.8. The van der Waals surface area contributed by atoms with Gasteiger partial charge in [0.05, 0.1) is 5.41 Å². The number of rotatable bonds is 4. The van der Waals surface area contributed by atoms with Gasteiger partial charge in [-0.2, -0.15) is 0 Å². The summed E-state index contributed by atoms with van der Waals surface area (Å²) in [4.78, 5) is 0.